The number of ether oxygens (including phenoxy) is 1. The molecule has 116 valence electrons. The van der Waals surface area contributed by atoms with Gasteiger partial charge in [-0.3, -0.25) is 0 Å². The number of nitrogens with one attached hydrogen (secondary N) is 2. The fourth-order valence-electron chi connectivity index (χ4n) is 4.16. The molecule has 1 saturated heterocycles. The zero-order chi connectivity index (χ0) is 14.5. The Morgan fingerprint density at radius 1 is 1.19 bits per heavy atom. The highest BCUT2D eigenvalue weighted by atomic mass is 16.5. The Morgan fingerprint density at radius 2 is 1.95 bits per heavy atom. The molecular weight excluding hydrogens is 260 g/mol. The molecule has 3 heteroatoms. The average molecular weight is 288 g/mol. The van der Waals surface area contributed by atoms with Crippen LogP contribution in [0.3, 0.4) is 0 Å². The number of rotatable bonds is 5. The summed E-state index contributed by atoms with van der Waals surface area (Å²) in [5.41, 5.74) is 1.98. The molecule has 2 fully saturated rings. The second-order valence-corrected chi connectivity index (χ2v) is 6.61. The molecule has 2 N–H and O–H groups in total. The second kappa shape index (κ2) is 6.80. The van der Waals surface area contributed by atoms with E-state index in [1.165, 1.54) is 50.8 Å². The Balaban J connectivity index is 1.50. The van der Waals surface area contributed by atoms with Crippen molar-refractivity contribution < 1.29 is 4.74 Å². The SMILES string of the molecule is COc1ccc(CCNC2CCCC23CCNCC3)cc1. The highest BCUT2D eigenvalue weighted by Gasteiger charge is 2.42. The first-order chi connectivity index (χ1) is 10.3. The molecule has 1 aromatic carbocycles. The number of hydrogen-bond acceptors (Lipinski definition) is 3. The van der Waals surface area contributed by atoms with Gasteiger partial charge in [0.05, 0.1) is 7.11 Å². The average Bonchev–Trinajstić information content (AvgIpc) is 2.91. The third-order valence-corrected chi connectivity index (χ3v) is 5.47. The van der Waals surface area contributed by atoms with Gasteiger partial charge in [0.25, 0.3) is 0 Å². The van der Waals surface area contributed by atoms with E-state index in [0.29, 0.717) is 5.41 Å². The van der Waals surface area contributed by atoms with Gasteiger partial charge in [-0.15, -0.1) is 0 Å². The normalized spacial score (nSPS) is 24.3. The number of piperidine rings is 1. The lowest BCUT2D eigenvalue weighted by molar-refractivity contribution is 0.160. The quantitative estimate of drug-likeness (QED) is 0.874. The summed E-state index contributed by atoms with van der Waals surface area (Å²) >= 11 is 0. The van der Waals surface area contributed by atoms with Gasteiger partial charge in [-0.25, -0.2) is 0 Å². The van der Waals surface area contributed by atoms with Gasteiger partial charge in [-0.2, -0.15) is 0 Å². The summed E-state index contributed by atoms with van der Waals surface area (Å²) < 4.78 is 5.21. The van der Waals surface area contributed by atoms with Gasteiger partial charge < -0.3 is 15.4 Å². The Kier molecular flexibility index (Phi) is 4.81. The van der Waals surface area contributed by atoms with Gasteiger partial charge >= 0.3 is 0 Å². The first-order valence-corrected chi connectivity index (χ1v) is 8.39. The molecule has 1 aliphatic heterocycles. The van der Waals surface area contributed by atoms with E-state index in [-0.39, 0.29) is 0 Å². The maximum absolute atomic E-state index is 5.21. The van der Waals surface area contributed by atoms with Crippen LogP contribution >= 0.6 is 0 Å². The van der Waals surface area contributed by atoms with Crippen LogP contribution in [0.15, 0.2) is 24.3 Å². The van der Waals surface area contributed by atoms with Crippen molar-refractivity contribution in [3.8, 4) is 5.75 Å². The Morgan fingerprint density at radius 3 is 2.67 bits per heavy atom. The van der Waals surface area contributed by atoms with Crippen LogP contribution in [0.5, 0.6) is 5.75 Å². The Labute approximate surface area is 128 Å². The number of hydrogen-bond donors (Lipinski definition) is 2. The summed E-state index contributed by atoms with van der Waals surface area (Å²) in [6, 6.07) is 9.20. The summed E-state index contributed by atoms with van der Waals surface area (Å²) in [6.45, 7) is 3.50. The van der Waals surface area contributed by atoms with E-state index >= 15 is 0 Å². The second-order valence-electron chi connectivity index (χ2n) is 6.61. The minimum absolute atomic E-state index is 0.588. The van der Waals surface area contributed by atoms with Crippen molar-refractivity contribution in [2.45, 2.75) is 44.6 Å². The summed E-state index contributed by atoms with van der Waals surface area (Å²) in [5.74, 6) is 0.941. The molecular formula is C18H28N2O. The van der Waals surface area contributed by atoms with Crippen LogP contribution in [0.1, 0.15) is 37.7 Å². The molecule has 1 aliphatic carbocycles. The molecule has 1 unspecified atom stereocenters. The zero-order valence-corrected chi connectivity index (χ0v) is 13.2. The molecule has 1 aromatic rings. The van der Waals surface area contributed by atoms with Gasteiger partial charge in [0.1, 0.15) is 5.75 Å². The molecule has 3 rings (SSSR count). The van der Waals surface area contributed by atoms with Crippen molar-refractivity contribution in [2.24, 2.45) is 5.41 Å². The van der Waals surface area contributed by atoms with Crippen molar-refractivity contribution in [3.63, 3.8) is 0 Å². The van der Waals surface area contributed by atoms with E-state index in [1.54, 1.807) is 7.11 Å². The molecule has 0 radical (unpaired) electrons. The Hall–Kier alpha value is -1.06. The molecule has 1 saturated carbocycles. The molecule has 1 heterocycles. The van der Waals surface area contributed by atoms with Gasteiger partial charge in [0.2, 0.25) is 0 Å². The smallest absolute Gasteiger partial charge is 0.118 e. The van der Waals surface area contributed by atoms with Crippen molar-refractivity contribution in [3.05, 3.63) is 29.8 Å². The van der Waals surface area contributed by atoms with E-state index < -0.39 is 0 Å². The van der Waals surface area contributed by atoms with Gasteiger partial charge in [-0.1, -0.05) is 18.6 Å². The van der Waals surface area contributed by atoms with Gasteiger partial charge in [-0.05, 0) is 74.8 Å². The van der Waals surface area contributed by atoms with Gasteiger partial charge in [0.15, 0.2) is 0 Å². The van der Waals surface area contributed by atoms with Crippen molar-refractivity contribution in [2.75, 3.05) is 26.7 Å². The standard InChI is InChI=1S/C18H28N2O/c1-21-16-6-4-15(5-7-16)8-12-20-17-3-2-9-18(17)10-13-19-14-11-18/h4-7,17,19-20H,2-3,8-14H2,1H3. The molecule has 1 atom stereocenters. The predicted molar refractivity (Wildman–Crippen MR) is 86.9 cm³/mol. The van der Waals surface area contributed by atoms with Gasteiger partial charge in [0, 0.05) is 6.04 Å². The van der Waals surface area contributed by atoms with Crippen molar-refractivity contribution in [1.29, 1.82) is 0 Å². The highest BCUT2D eigenvalue weighted by Crippen LogP contribution is 2.45. The molecule has 0 aromatic heterocycles. The van der Waals surface area contributed by atoms with E-state index in [0.717, 1.165) is 24.8 Å². The fourth-order valence-corrected chi connectivity index (χ4v) is 4.16. The minimum Gasteiger partial charge on any atom is -0.497 e. The largest absolute Gasteiger partial charge is 0.497 e. The van der Waals surface area contributed by atoms with Crippen LogP contribution in [-0.4, -0.2) is 32.8 Å². The number of methoxy groups -OCH3 is 1. The lowest BCUT2D eigenvalue weighted by atomic mass is 9.74. The maximum Gasteiger partial charge on any atom is 0.118 e. The van der Waals surface area contributed by atoms with E-state index in [9.17, 15) is 0 Å². The summed E-state index contributed by atoms with van der Waals surface area (Å²) in [7, 11) is 1.72. The van der Waals surface area contributed by atoms with Crippen molar-refractivity contribution >= 4 is 0 Å². The summed E-state index contributed by atoms with van der Waals surface area (Å²) in [6.07, 6.45) is 8.01. The van der Waals surface area contributed by atoms with Crippen LogP contribution in [-0.2, 0) is 6.42 Å². The van der Waals surface area contributed by atoms with Crippen molar-refractivity contribution in [1.82, 2.24) is 10.6 Å². The van der Waals surface area contributed by atoms with Crippen LogP contribution in [0, 0.1) is 5.41 Å². The lowest BCUT2D eigenvalue weighted by Gasteiger charge is -2.40. The van der Waals surface area contributed by atoms with Crippen LogP contribution in [0.4, 0.5) is 0 Å². The van der Waals surface area contributed by atoms with Crippen LogP contribution in [0.25, 0.3) is 0 Å². The van der Waals surface area contributed by atoms with E-state index in [1.807, 2.05) is 0 Å². The van der Waals surface area contributed by atoms with Crippen LogP contribution in [0.2, 0.25) is 0 Å². The minimum atomic E-state index is 0.588. The third-order valence-electron chi connectivity index (χ3n) is 5.47. The van der Waals surface area contributed by atoms with E-state index in [4.69, 9.17) is 4.74 Å². The first kappa shape index (κ1) is 14.9. The molecule has 2 aliphatic rings. The molecule has 0 amide bonds. The fraction of sp³-hybridized carbons (Fsp3) is 0.667. The molecule has 21 heavy (non-hydrogen) atoms. The first-order valence-electron chi connectivity index (χ1n) is 8.39. The van der Waals surface area contributed by atoms with E-state index in [2.05, 4.69) is 34.9 Å². The Bertz CT molecular complexity index is 437. The van der Waals surface area contributed by atoms with Crippen LogP contribution < -0.4 is 15.4 Å². The highest BCUT2D eigenvalue weighted by molar-refractivity contribution is 5.27. The molecule has 3 nitrogen and oxygen atoms in total. The summed E-state index contributed by atoms with van der Waals surface area (Å²) in [4.78, 5) is 0. The zero-order valence-electron chi connectivity index (χ0n) is 13.2. The monoisotopic (exact) mass is 288 g/mol. The summed E-state index contributed by atoms with van der Waals surface area (Å²) in [5, 5.41) is 7.37. The molecule has 1 spiro atoms. The molecule has 0 bridgehead atoms. The predicted octanol–water partition coefficient (Wildman–Crippen LogP) is 2.75. The lowest BCUT2D eigenvalue weighted by Crippen LogP contribution is -2.48. The third kappa shape index (κ3) is 3.41. The maximum atomic E-state index is 5.21. The number of benzene rings is 1. The topological polar surface area (TPSA) is 33.3 Å².